The predicted molar refractivity (Wildman–Crippen MR) is 79.6 cm³/mol. The number of non-ortho nitro benzene ring substituents is 1. The zero-order valence-electron chi connectivity index (χ0n) is 11.8. The molecule has 0 radical (unpaired) electrons. The summed E-state index contributed by atoms with van der Waals surface area (Å²) >= 11 is 0. The van der Waals surface area contributed by atoms with Crippen LogP contribution < -0.4 is 5.32 Å². The van der Waals surface area contributed by atoms with Crippen molar-refractivity contribution in [2.75, 3.05) is 6.54 Å². The standard InChI is InChI=1S/C16H17FN2O2/c1-12-4-2-3-5-14(12)6-7-18-11-13-8-15(17)10-16(9-13)19(20)21/h2-5,8-10,18H,6-7,11H2,1H3. The van der Waals surface area contributed by atoms with Crippen LogP contribution in [0.3, 0.4) is 0 Å². The molecule has 0 aliphatic rings. The summed E-state index contributed by atoms with van der Waals surface area (Å²) in [6.07, 6.45) is 0.865. The van der Waals surface area contributed by atoms with Crippen LogP contribution in [0.25, 0.3) is 0 Å². The molecule has 2 aromatic carbocycles. The first-order chi connectivity index (χ1) is 10.1. The van der Waals surface area contributed by atoms with E-state index in [0.717, 1.165) is 19.0 Å². The highest BCUT2D eigenvalue weighted by Gasteiger charge is 2.09. The minimum Gasteiger partial charge on any atom is -0.312 e. The Morgan fingerprint density at radius 1 is 1.24 bits per heavy atom. The van der Waals surface area contributed by atoms with Gasteiger partial charge in [0.05, 0.1) is 11.0 Å². The van der Waals surface area contributed by atoms with Gasteiger partial charge in [-0.3, -0.25) is 10.1 Å². The van der Waals surface area contributed by atoms with Crippen LogP contribution in [0.1, 0.15) is 16.7 Å². The second kappa shape index (κ2) is 6.95. The van der Waals surface area contributed by atoms with Crippen molar-refractivity contribution in [3.63, 3.8) is 0 Å². The number of rotatable bonds is 6. The molecule has 0 atom stereocenters. The van der Waals surface area contributed by atoms with Crippen LogP contribution in [0.5, 0.6) is 0 Å². The first-order valence-electron chi connectivity index (χ1n) is 6.75. The average molecular weight is 288 g/mol. The number of hydrogen-bond donors (Lipinski definition) is 1. The van der Waals surface area contributed by atoms with Gasteiger partial charge in [0.1, 0.15) is 5.82 Å². The first-order valence-corrected chi connectivity index (χ1v) is 6.75. The Hall–Kier alpha value is -2.27. The number of nitrogens with one attached hydrogen (secondary N) is 1. The number of aryl methyl sites for hydroxylation is 1. The maximum atomic E-state index is 13.3. The van der Waals surface area contributed by atoms with Gasteiger partial charge in [-0.2, -0.15) is 0 Å². The van der Waals surface area contributed by atoms with E-state index < -0.39 is 10.7 Å². The molecule has 1 N–H and O–H groups in total. The highest BCUT2D eigenvalue weighted by atomic mass is 19.1. The quantitative estimate of drug-likeness (QED) is 0.503. The molecule has 0 amide bonds. The van der Waals surface area contributed by atoms with E-state index in [1.165, 1.54) is 23.3 Å². The molecule has 110 valence electrons. The molecule has 0 heterocycles. The summed E-state index contributed by atoms with van der Waals surface area (Å²) in [6, 6.07) is 11.8. The monoisotopic (exact) mass is 288 g/mol. The lowest BCUT2D eigenvalue weighted by atomic mass is 10.1. The Balaban J connectivity index is 1.89. The van der Waals surface area contributed by atoms with E-state index in [-0.39, 0.29) is 5.69 Å². The van der Waals surface area contributed by atoms with Crippen molar-refractivity contribution in [3.8, 4) is 0 Å². The maximum absolute atomic E-state index is 13.3. The summed E-state index contributed by atoms with van der Waals surface area (Å²) in [5.41, 5.74) is 2.85. The maximum Gasteiger partial charge on any atom is 0.272 e. The van der Waals surface area contributed by atoms with Gasteiger partial charge in [0.15, 0.2) is 0 Å². The molecular formula is C16H17FN2O2. The van der Waals surface area contributed by atoms with Gasteiger partial charge >= 0.3 is 0 Å². The third-order valence-corrected chi connectivity index (χ3v) is 3.31. The minimum absolute atomic E-state index is 0.217. The third-order valence-electron chi connectivity index (χ3n) is 3.31. The second-order valence-electron chi connectivity index (χ2n) is 4.93. The molecule has 0 saturated heterocycles. The molecule has 0 spiro atoms. The zero-order valence-corrected chi connectivity index (χ0v) is 11.8. The normalized spacial score (nSPS) is 10.6. The molecule has 0 aliphatic heterocycles. The number of hydrogen-bond acceptors (Lipinski definition) is 3. The number of halogens is 1. The minimum atomic E-state index is -0.583. The van der Waals surface area contributed by atoms with Crippen molar-refractivity contribution in [1.82, 2.24) is 5.32 Å². The lowest BCUT2D eigenvalue weighted by Gasteiger charge is -2.07. The zero-order chi connectivity index (χ0) is 15.2. The molecule has 0 aromatic heterocycles. The molecule has 0 bridgehead atoms. The van der Waals surface area contributed by atoms with Gasteiger partial charge in [0.2, 0.25) is 0 Å². The molecule has 0 aliphatic carbocycles. The van der Waals surface area contributed by atoms with E-state index in [0.29, 0.717) is 12.1 Å². The molecule has 2 rings (SSSR count). The molecular weight excluding hydrogens is 271 g/mol. The molecule has 0 unspecified atom stereocenters. The largest absolute Gasteiger partial charge is 0.312 e. The summed E-state index contributed by atoms with van der Waals surface area (Å²) in [6.45, 7) is 3.20. The van der Waals surface area contributed by atoms with E-state index >= 15 is 0 Å². The SMILES string of the molecule is Cc1ccccc1CCNCc1cc(F)cc([N+](=O)[O-])c1. The van der Waals surface area contributed by atoms with Gasteiger partial charge < -0.3 is 5.32 Å². The van der Waals surface area contributed by atoms with Crippen molar-refractivity contribution in [2.45, 2.75) is 19.9 Å². The summed E-state index contributed by atoms with van der Waals surface area (Å²) in [5.74, 6) is -0.583. The van der Waals surface area contributed by atoms with Gasteiger partial charge in [-0.1, -0.05) is 24.3 Å². The lowest BCUT2D eigenvalue weighted by Crippen LogP contribution is -2.17. The van der Waals surface area contributed by atoms with Crippen molar-refractivity contribution in [3.05, 3.63) is 75.1 Å². The van der Waals surface area contributed by atoms with Gasteiger partial charge in [0, 0.05) is 12.6 Å². The van der Waals surface area contributed by atoms with E-state index in [9.17, 15) is 14.5 Å². The molecule has 0 saturated carbocycles. The Kier molecular flexibility index (Phi) is 5.00. The van der Waals surface area contributed by atoms with E-state index in [1.54, 1.807) is 0 Å². The number of benzene rings is 2. The second-order valence-corrected chi connectivity index (χ2v) is 4.93. The lowest BCUT2D eigenvalue weighted by molar-refractivity contribution is -0.385. The molecule has 5 heteroatoms. The highest BCUT2D eigenvalue weighted by molar-refractivity contribution is 5.35. The number of nitrogens with zero attached hydrogens (tertiary/aromatic N) is 1. The van der Waals surface area contributed by atoms with Crippen LogP contribution in [0.2, 0.25) is 0 Å². The van der Waals surface area contributed by atoms with Crippen molar-refractivity contribution >= 4 is 5.69 Å². The fourth-order valence-corrected chi connectivity index (χ4v) is 2.19. The van der Waals surface area contributed by atoms with Crippen molar-refractivity contribution in [1.29, 1.82) is 0 Å². The molecule has 0 fully saturated rings. The Morgan fingerprint density at radius 2 is 2.00 bits per heavy atom. The van der Waals surface area contributed by atoms with Crippen LogP contribution in [-0.4, -0.2) is 11.5 Å². The Morgan fingerprint density at radius 3 is 2.71 bits per heavy atom. The Bertz CT molecular complexity index is 644. The Labute approximate surface area is 122 Å². The van der Waals surface area contributed by atoms with Crippen molar-refractivity contribution < 1.29 is 9.31 Å². The van der Waals surface area contributed by atoms with Gasteiger partial charge in [0.25, 0.3) is 5.69 Å². The van der Waals surface area contributed by atoms with E-state index in [4.69, 9.17) is 0 Å². The van der Waals surface area contributed by atoms with E-state index in [2.05, 4.69) is 24.4 Å². The first kappa shape index (κ1) is 15.1. The van der Waals surface area contributed by atoms with Crippen LogP contribution in [-0.2, 0) is 13.0 Å². The van der Waals surface area contributed by atoms with Gasteiger partial charge in [-0.25, -0.2) is 4.39 Å². The van der Waals surface area contributed by atoms with Crippen LogP contribution >= 0.6 is 0 Å². The van der Waals surface area contributed by atoms with Crippen LogP contribution in [0.4, 0.5) is 10.1 Å². The highest BCUT2D eigenvalue weighted by Crippen LogP contribution is 2.16. The fourth-order valence-electron chi connectivity index (χ4n) is 2.19. The number of nitro groups is 1. The van der Waals surface area contributed by atoms with Crippen LogP contribution in [0.15, 0.2) is 42.5 Å². The summed E-state index contributed by atoms with van der Waals surface area (Å²) in [7, 11) is 0. The summed E-state index contributed by atoms with van der Waals surface area (Å²) in [5, 5.41) is 13.9. The van der Waals surface area contributed by atoms with E-state index in [1.807, 2.05) is 12.1 Å². The third kappa shape index (κ3) is 4.36. The van der Waals surface area contributed by atoms with Crippen molar-refractivity contribution in [2.24, 2.45) is 0 Å². The summed E-state index contributed by atoms with van der Waals surface area (Å²) in [4.78, 5) is 10.1. The molecule has 4 nitrogen and oxygen atoms in total. The summed E-state index contributed by atoms with van der Waals surface area (Å²) < 4.78 is 13.3. The molecule has 21 heavy (non-hydrogen) atoms. The average Bonchev–Trinajstić information content (AvgIpc) is 2.44. The molecule has 2 aromatic rings. The van der Waals surface area contributed by atoms with Crippen LogP contribution in [0, 0.1) is 22.9 Å². The topological polar surface area (TPSA) is 55.2 Å². The predicted octanol–water partition coefficient (Wildman–Crippen LogP) is 3.37. The van der Waals surface area contributed by atoms with Gasteiger partial charge in [-0.15, -0.1) is 0 Å². The smallest absolute Gasteiger partial charge is 0.272 e. The fraction of sp³-hybridized carbons (Fsp3) is 0.250. The van der Waals surface area contributed by atoms with Gasteiger partial charge in [-0.05, 0) is 42.6 Å². The number of nitro benzene ring substituents is 1.